The summed E-state index contributed by atoms with van der Waals surface area (Å²) in [6, 6.07) is 6.04. The van der Waals surface area contributed by atoms with Gasteiger partial charge in [0.25, 0.3) is 5.91 Å². The Morgan fingerprint density at radius 3 is 2.60 bits per heavy atom. The summed E-state index contributed by atoms with van der Waals surface area (Å²) in [6.45, 7) is 0. The number of fused-ring (bicyclic) bond motifs is 5. The molecule has 0 heterocycles. The lowest BCUT2D eigenvalue weighted by atomic mass is 10.0. The molecule has 3 aliphatic rings. The Morgan fingerprint density at radius 1 is 1.25 bits per heavy atom. The van der Waals surface area contributed by atoms with Crippen LogP contribution in [0.2, 0.25) is 0 Å². The molecular formula is C16H21N3O. The van der Waals surface area contributed by atoms with E-state index in [1.807, 2.05) is 12.1 Å². The van der Waals surface area contributed by atoms with Crippen LogP contribution in [-0.4, -0.2) is 19.0 Å². The molecule has 3 aliphatic carbocycles. The zero-order chi connectivity index (χ0) is 13.9. The average molecular weight is 271 g/mol. The molecule has 1 aromatic carbocycles. The molecule has 0 aromatic heterocycles. The first-order valence-corrected chi connectivity index (χ1v) is 7.57. The van der Waals surface area contributed by atoms with Gasteiger partial charge >= 0.3 is 0 Å². The molecule has 106 valence electrons. The largest absolute Gasteiger partial charge is 0.399 e. The van der Waals surface area contributed by atoms with Crippen LogP contribution in [0.15, 0.2) is 18.2 Å². The van der Waals surface area contributed by atoms with Gasteiger partial charge in [-0.3, -0.25) is 4.79 Å². The Kier molecular flexibility index (Phi) is 2.50. The lowest BCUT2D eigenvalue weighted by molar-refractivity contribution is 0.0964. The van der Waals surface area contributed by atoms with Gasteiger partial charge in [-0.15, -0.1) is 0 Å². The molecule has 4 heteroatoms. The molecule has 0 saturated heterocycles. The van der Waals surface area contributed by atoms with Gasteiger partial charge in [-0.1, -0.05) is 0 Å². The number of nitrogens with two attached hydrogens (primary N) is 1. The minimum atomic E-state index is -0.0544. The summed E-state index contributed by atoms with van der Waals surface area (Å²) < 4.78 is 0. The second-order valence-corrected chi connectivity index (χ2v) is 6.54. The van der Waals surface area contributed by atoms with Crippen LogP contribution < -0.4 is 16.4 Å². The number of carbonyl (C=O) groups is 1. The maximum absolute atomic E-state index is 11.9. The Morgan fingerprint density at radius 2 is 1.95 bits per heavy atom. The van der Waals surface area contributed by atoms with Crippen molar-refractivity contribution in [3.63, 3.8) is 0 Å². The van der Waals surface area contributed by atoms with E-state index in [-0.39, 0.29) is 5.91 Å². The fourth-order valence-electron chi connectivity index (χ4n) is 4.71. The van der Waals surface area contributed by atoms with Gasteiger partial charge in [-0.05, 0) is 61.1 Å². The van der Waals surface area contributed by atoms with Crippen LogP contribution in [-0.2, 0) is 0 Å². The number of anilines is 2. The predicted molar refractivity (Wildman–Crippen MR) is 79.5 cm³/mol. The highest BCUT2D eigenvalue weighted by Gasteiger charge is 2.65. The Bertz CT molecular complexity index is 555. The smallest absolute Gasteiger partial charge is 0.253 e. The first kappa shape index (κ1) is 12.1. The molecular weight excluding hydrogens is 250 g/mol. The fourth-order valence-corrected chi connectivity index (χ4v) is 4.71. The SMILES string of the molecule is CNC(=O)c1ccc(N)cc1NC1C2C3CCC(C3)C12. The average Bonchev–Trinajstić information content (AvgIpc) is 2.84. The molecule has 0 aliphatic heterocycles. The molecule has 4 atom stereocenters. The second-order valence-electron chi connectivity index (χ2n) is 6.54. The van der Waals surface area contributed by atoms with Crippen LogP contribution >= 0.6 is 0 Å². The van der Waals surface area contributed by atoms with E-state index in [0.29, 0.717) is 17.3 Å². The van der Waals surface area contributed by atoms with E-state index >= 15 is 0 Å². The molecule has 20 heavy (non-hydrogen) atoms. The minimum Gasteiger partial charge on any atom is -0.399 e. The first-order chi connectivity index (χ1) is 9.69. The second kappa shape index (κ2) is 4.14. The predicted octanol–water partition coefficient (Wildman–Crippen LogP) is 2.08. The van der Waals surface area contributed by atoms with E-state index < -0.39 is 0 Å². The van der Waals surface area contributed by atoms with Crippen LogP contribution in [0, 0.1) is 23.7 Å². The number of hydrogen-bond donors (Lipinski definition) is 3. The van der Waals surface area contributed by atoms with Gasteiger partial charge in [0.1, 0.15) is 0 Å². The fraction of sp³-hybridized carbons (Fsp3) is 0.562. The van der Waals surface area contributed by atoms with Crippen LogP contribution in [0.25, 0.3) is 0 Å². The molecule has 3 saturated carbocycles. The number of nitrogens with one attached hydrogen (secondary N) is 2. The summed E-state index contributed by atoms with van der Waals surface area (Å²) in [5.74, 6) is 3.47. The van der Waals surface area contributed by atoms with Crippen molar-refractivity contribution in [1.29, 1.82) is 0 Å². The third kappa shape index (κ3) is 1.63. The zero-order valence-corrected chi connectivity index (χ0v) is 11.7. The molecule has 2 bridgehead atoms. The van der Waals surface area contributed by atoms with E-state index in [0.717, 1.165) is 29.4 Å². The van der Waals surface area contributed by atoms with Gasteiger partial charge < -0.3 is 16.4 Å². The Labute approximate surface area is 119 Å². The summed E-state index contributed by atoms with van der Waals surface area (Å²) in [4.78, 5) is 11.9. The number of amides is 1. The zero-order valence-electron chi connectivity index (χ0n) is 11.7. The van der Waals surface area contributed by atoms with Crippen LogP contribution in [0.1, 0.15) is 29.6 Å². The topological polar surface area (TPSA) is 67.2 Å². The maximum atomic E-state index is 11.9. The van der Waals surface area contributed by atoms with Crippen molar-refractivity contribution in [3.8, 4) is 0 Å². The van der Waals surface area contributed by atoms with Crippen LogP contribution in [0.5, 0.6) is 0 Å². The summed E-state index contributed by atoms with van der Waals surface area (Å²) in [5.41, 5.74) is 8.16. The van der Waals surface area contributed by atoms with Crippen LogP contribution in [0.4, 0.5) is 11.4 Å². The Hall–Kier alpha value is -1.71. The van der Waals surface area contributed by atoms with Gasteiger partial charge in [0.2, 0.25) is 0 Å². The molecule has 0 spiro atoms. The highest BCUT2D eigenvalue weighted by molar-refractivity contribution is 6.00. The molecule has 4 nitrogen and oxygen atoms in total. The van der Waals surface area contributed by atoms with Crippen molar-refractivity contribution < 1.29 is 4.79 Å². The normalized spacial score (nSPS) is 36.5. The lowest BCUT2D eigenvalue weighted by Crippen LogP contribution is -2.21. The number of benzene rings is 1. The summed E-state index contributed by atoms with van der Waals surface area (Å²) >= 11 is 0. The standard InChI is InChI=1S/C16H21N3O/c1-18-16(20)11-5-4-10(17)7-12(11)19-15-13-8-2-3-9(6-8)14(13)15/h4-5,7-9,13-15,19H,2-3,6,17H2,1H3,(H,18,20). The molecule has 4 rings (SSSR count). The number of rotatable bonds is 3. The van der Waals surface area contributed by atoms with Gasteiger partial charge in [0.05, 0.1) is 5.56 Å². The van der Waals surface area contributed by atoms with E-state index in [4.69, 9.17) is 5.73 Å². The molecule has 4 unspecified atom stereocenters. The number of carbonyl (C=O) groups excluding carboxylic acids is 1. The highest BCUT2D eigenvalue weighted by atomic mass is 16.1. The molecule has 3 fully saturated rings. The molecule has 4 N–H and O–H groups in total. The maximum Gasteiger partial charge on any atom is 0.253 e. The van der Waals surface area contributed by atoms with Crippen molar-refractivity contribution in [2.75, 3.05) is 18.1 Å². The lowest BCUT2D eigenvalue weighted by Gasteiger charge is -2.15. The van der Waals surface area contributed by atoms with Crippen molar-refractivity contribution in [2.24, 2.45) is 23.7 Å². The monoisotopic (exact) mass is 271 g/mol. The Balaban J connectivity index is 1.57. The summed E-state index contributed by atoms with van der Waals surface area (Å²) in [6.07, 6.45) is 4.25. The highest BCUT2D eigenvalue weighted by Crippen LogP contribution is 2.66. The van der Waals surface area contributed by atoms with Crippen molar-refractivity contribution in [1.82, 2.24) is 5.32 Å². The van der Waals surface area contributed by atoms with E-state index in [2.05, 4.69) is 10.6 Å². The third-order valence-corrected chi connectivity index (χ3v) is 5.57. The van der Waals surface area contributed by atoms with Gasteiger partial charge in [-0.25, -0.2) is 0 Å². The van der Waals surface area contributed by atoms with Crippen LogP contribution in [0.3, 0.4) is 0 Å². The minimum absolute atomic E-state index is 0.0544. The van der Waals surface area contributed by atoms with E-state index in [1.165, 1.54) is 19.3 Å². The van der Waals surface area contributed by atoms with Gasteiger partial charge in [-0.2, -0.15) is 0 Å². The van der Waals surface area contributed by atoms with Gasteiger partial charge in [0, 0.05) is 24.5 Å². The molecule has 1 aromatic rings. The van der Waals surface area contributed by atoms with E-state index in [1.54, 1.807) is 13.1 Å². The third-order valence-electron chi connectivity index (χ3n) is 5.57. The summed E-state index contributed by atoms with van der Waals surface area (Å²) in [5, 5.41) is 6.30. The first-order valence-electron chi connectivity index (χ1n) is 7.57. The molecule has 0 radical (unpaired) electrons. The van der Waals surface area contributed by atoms with E-state index in [9.17, 15) is 4.79 Å². The number of nitrogen functional groups attached to an aromatic ring is 1. The summed E-state index contributed by atoms with van der Waals surface area (Å²) in [7, 11) is 1.66. The van der Waals surface area contributed by atoms with Crippen molar-refractivity contribution >= 4 is 17.3 Å². The van der Waals surface area contributed by atoms with Gasteiger partial charge in [0.15, 0.2) is 0 Å². The molecule has 1 amide bonds. The van der Waals surface area contributed by atoms with Crippen molar-refractivity contribution in [2.45, 2.75) is 25.3 Å². The number of hydrogen-bond acceptors (Lipinski definition) is 3. The quantitative estimate of drug-likeness (QED) is 0.737. The van der Waals surface area contributed by atoms with Crippen molar-refractivity contribution in [3.05, 3.63) is 23.8 Å².